The van der Waals surface area contributed by atoms with E-state index in [2.05, 4.69) is 42.0 Å². The molecule has 12 heavy (non-hydrogen) atoms. The van der Waals surface area contributed by atoms with E-state index in [1.807, 2.05) is 0 Å². The zero-order chi connectivity index (χ0) is 8.39. The molecule has 1 aromatic rings. The molecule has 1 fully saturated rings. The van der Waals surface area contributed by atoms with Crippen LogP contribution >= 0.6 is 0 Å². The van der Waals surface area contributed by atoms with E-state index in [1.165, 1.54) is 11.1 Å². The van der Waals surface area contributed by atoms with Crippen molar-refractivity contribution in [3.63, 3.8) is 0 Å². The monoisotopic (exact) mass is 162 g/mol. The Morgan fingerprint density at radius 1 is 1.25 bits per heavy atom. The molecule has 1 aliphatic heterocycles. The summed E-state index contributed by atoms with van der Waals surface area (Å²) in [5.74, 6) is 0.643. The summed E-state index contributed by atoms with van der Waals surface area (Å²) in [5, 5.41) is 0. The highest BCUT2D eigenvalue weighted by atomic mass is 15.4. The first kappa shape index (κ1) is 7.77. The SMILES string of the molecule is Cc1cccc(C2CNNC2)c1. The van der Waals surface area contributed by atoms with Crippen LogP contribution in [0.1, 0.15) is 17.0 Å². The maximum atomic E-state index is 3.14. The van der Waals surface area contributed by atoms with Crippen LogP contribution in [-0.2, 0) is 0 Å². The van der Waals surface area contributed by atoms with Gasteiger partial charge in [-0.1, -0.05) is 29.8 Å². The molecule has 2 heteroatoms. The number of nitrogens with one attached hydrogen (secondary N) is 2. The number of hydrogen-bond donors (Lipinski definition) is 2. The Morgan fingerprint density at radius 2 is 2.00 bits per heavy atom. The Labute approximate surface area is 73.0 Å². The van der Waals surface area contributed by atoms with Gasteiger partial charge in [0.05, 0.1) is 0 Å². The third-order valence-corrected chi connectivity index (χ3v) is 2.34. The first-order chi connectivity index (χ1) is 5.86. The Hall–Kier alpha value is -0.860. The second-order valence-electron chi connectivity index (χ2n) is 3.37. The molecule has 2 rings (SSSR count). The van der Waals surface area contributed by atoms with Crippen LogP contribution in [0.15, 0.2) is 24.3 Å². The van der Waals surface area contributed by atoms with Crippen LogP contribution in [0, 0.1) is 6.92 Å². The van der Waals surface area contributed by atoms with Crippen molar-refractivity contribution < 1.29 is 0 Å². The van der Waals surface area contributed by atoms with Crippen LogP contribution in [0.4, 0.5) is 0 Å². The lowest BCUT2D eigenvalue weighted by molar-refractivity contribution is 0.689. The summed E-state index contributed by atoms with van der Waals surface area (Å²) in [5.41, 5.74) is 9.06. The molecule has 0 radical (unpaired) electrons. The fourth-order valence-corrected chi connectivity index (χ4v) is 1.62. The van der Waals surface area contributed by atoms with E-state index in [1.54, 1.807) is 0 Å². The van der Waals surface area contributed by atoms with Crippen LogP contribution in [0.25, 0.3) is 0 Å². The standard InChI is InChI=1S/C10H14N2/c1-8-3-2-4-9(5-8)10-6-11-12-7-10/h2-5,10-12H,6-7H2,1H3. The summed E-state index contributed by atoms with van der Waals surface area (Å²) in [7, 11) is 0. The van der Waals surface area contributed by atoms with E-state index in [4.69, 9.17) is 0 Å². The van der Waals surface area contributed by atoms with Gasteiger partial charge in [0.15, 0.2) is 0 Å². The van der Waals surface area contributed by atoms with Crippen molar-refractivity contribution in [1.82, 2.24) is 10.9 Å². The largest absolute Gasteiger partial charge is 0.257 e. The van der Waals surface area contributed by atoms with Crippen LogP contribution in [0.5, 0.6) is 0 Å². The normalized spacial score (nSPS) is 18.4. The number of hydrogen-bond acceptors (Lipinski definition) is 2. The van der Waals surface area contributed by atoms with Crippen LogP contribution in [-0.4, -0.2) is 13.1 Å². The third kappa shape index (κ3) is 1.49. The van der Waals surface area contributed by atoms with E-state index < -0.39 is 0 Å². The van der Waals surface area contributed by atoms with Crippen molar-refractivity contribution in [2.75, 3.05) is 13.1 Å². The van der Waals surface area contributed by atoms with E-state index in [-0.39, 0.29) is 0 Å². The van der Waals surface area contributed by atoms with Gasteiger partial charge in [0.25, 0.3) is 0 Å². The van der Waals surface area contributed by atoms with Crippen molar-refractivity contribution in [3.8, 4) is 0 Å². The maximum Gasteiger partial charge on any atom is 0.0181 e. The van der Waals surface area contributed by atoms with Gasteiger partial charge in [-0.15, -0.1) is 0 Å². The lowest BCUT2D eigenvalue weighted by atomic mass is 9.99. The highest BCUT2D eigenvalue weighted by Crippen LogP contribution is 2.17. The topological polar surface area (TPSA) is 24.1 Å². The number of benzene rings is 1. The van der Waals surface area contributed by atoms with Gasteiger partial charge in [0.1, 0.15) is 0 Å². The molecule has 0 aromatic heterocycles. The molecule has 0 saturated carbocycles. The molecule has 1 aliphatic rings. The highest BCUT2D eigenvalue weighted by molar-refractivity contribution is 5.26. The van der Waals surface area contributed by atoms with Crippen LogP contribution in [0.3, 0.4) is 0 Å². The van der Waals surface area contributed by atoms with Crippen LogP contribution in [0.2, 0.25) is 0 Å². The molecule has 0 spiro atoms. The average Bonchev–Trinajstić information content (AvgIpc) is 2.56. The van der Waals surface area contributed by atoms with E-state index >= 15 is 0 Å². The second kappa shape index (κ2) is 3.25. The molecule has 2 nitrogen and oxygen atoms in total. The summed E-state index contributed by atoms with van der Waals surface area (Å²) in [6, 6.07) is 8.73. The van der Waals surface area contributed by atoms with Gasteiger partial charge in [0.2, 0.25) is 0 Å². The molecule has 1 aromatic carbocycles. The summed E-state index contributed by atoms with van der Waals surface area (Å²) >= 11 is 0. The Kier molecular flexibility index (Phi) is 2.11. The zero-order valence-electron chi connectivity index (χ0n) is 7.30. The Bertz CT molecular complexity index is 264. The summed E-state index contributed by atoms with van der Waals surface area (Å²) in [4.78, 5) is 0. The first-order valence-electron chi connectivity index (χ1n) is 4.38. The fourth-order valence-electron chi connectivity index (χ4n) is 1.62. The minimum atomic E-state index is 0.643. The minimum Gasteiger partial charge on any atom is -0.257 e. The number of rotatable bonds is 1. The van der Waals surface area contributed by atoms with Crippen LogP contribution < -0.4 is 10.9 Å². The van der Waals surface area contributed by atoms with Gasteiger partial charge in [-0.3, -0.25) is 10.9 Å². The molecule has 0 amide bonds. The Balaban J connectivity index is 2.21. The molecular formula is C10H14N2. The smallest absolute Gasteiger partial charge is 0.0181 e. The van der Waals surface area contributed by atoms with Crippen molar-refractivity contribution in [3.05, 3.63) is 35.4 Å². The van der Waals surface area contributed by atoms with Gasteiger partial charge in [-0.05, 0) is 12.5 Å². The molecule has 0 unspecified atom stereocenters. The molecule has 1 heterocycles. The van der Waals surface area contributed by atoms with Gasteiger partial charge < -0.3 is 0 Å². The van der Waals surface area contributed by atoms with Crippen molar-refractivity contribution in [1.29, 1.82) is 0 Å². The number of aryl methyl sites for hydroxylation is 1. The van der Waals surface area contributed by atoms with Gasteiger partial charge >= 0.3 is 0 Å². The third-order valence-electron chi connectivity index (χ3n) is 2.34. The molecule has 0 atom stereocenters. The fraction of sp³-hybridized carbons (Fsp3) is 0.400. The van der Waals surface area contributed by atoms with E-state index in [0.29, 0.717) is 5.92 Å². The van der Waals surface area contributed by atoms with E-state index in [0.717, 1.165) is 13.1 Å². The molecule has 0 bridgehead atoms. The van der Waals surface area contributed by atoms with Crippen molar-refractivity contribution in [2.45, 2.75) is 12.8 Å². The van der Waals surface area contributed by atoms with Crippen molar-refractivity contribution in [2.24, 2.45) is 0 Å². The lowest BCUT2D eigenvalue weighted by Crippen LogP contribution is -2.21. The summed E-state index contributed by atoms with van der Waals surface area (Å²) in [6.07, 6.45) is 0. The zero-order valence-corrected chi connectivity index (χ0v) is 7.30. The maximum absolute atomic E-state index is 3.14. The molecule has 0 aliphatic carbocycles. The average molecular weight is 162 g/mol. The second-order valence-corrected chi connectivity index (χ2v) is 3.37. The van der Waals surface area contributed by atoms with Gasteiger partial charge in [-0.25, -0.2) is 0 Å². The van der Waals surface area contributed by atoms with E-state index in [9.17, 15) is 0 Å². The Morgan fingerprint density at radius 3 is 2.67 bits per heavy atom. The first-order valence-corrected chi connectivity index (χ1v) is 4.38. The molecule has 2 N–H and O–H groups in total. The summed E-state index contributed by atoms with van der Waals surface area (Å²) < 4.78 is 0. The predicted molar refractivity (Wildman–Crippen MR) is 49.9 cm³/mol. The summed E-state index contributed by atoms with van der Waals surface area (Å²) in [6.45, 7) is 4.23. The number of hydrazine groups is 1. The molecule has 64 valence electrons. The molecular weight excluding hydrogens is 148 g/mol. The highest BCUT2D eigenvalue weighted by Gasteiger charge is 2.15. The van der Waals surface area contributed by atoms with Gasteiger partial charge in [-0.2, -0.15) is 0 Å². The predicted octanol–water partition coefficient (Wildman–Crippen LogP) is 1.19. The van der Waals surface area contributed by atoms with Gasteiger partial charge in [0, 0.05) is 19.0 Å². The minimum absolute atomic E-state index is 0.643. The van der Waals surface area contributed by atoms with Crippen molar-refractivity contribution >= 4 is 0 Å². The lowest BCUT2D eigenvalue weighted by Gasteiger charge is -2.07. The quantitative estimate of drug-likeness (QED) is 0.648. The molecule has 1 saturated heterocycles.